The SMILES string of the molecule is COCC(O)CNC1CCCC1C. The molecule has 0 aliphatic heterocycles. The van der Waals surface area contributed by atoms with Crippen LogP contribution in [0.4, 0.5) is 0 Å². The van der Waals surface area contributed by atoms with Gasteiger partial charge in [0.1, 0.15) is 0 Å². The van der Waals surface area contributed by atoms with Gasteiger partial charge in [-0.25, -0.2) is 0 Å². The molecule has 2 N–H and O–H groups in total. The molecular weight excluding hydrogens is 166 g/mol. The molecule has 0 aromatic carbocycles. The molecule has 0 spiro atoms. The second-order valence-corrected chi connectivity index (χ2v) is 4.03. The molecule has 78 valence electrons. The number of ether oxygens (including phenoxy) is 1. The lowest BCUT2D eigenvalue weighted by molar-refractivity contribution is 0.0619. The Hall–Kier alpha value is -0.120. The van der Waals surface area contributed by atoms with E-state index >= 15 is 0 Å². The van der Waals surface area contributed by atoms with Gasteiger partial charge in [-0.2, -0.15) is 0 Å². The van der Waals surface area contributed by atoms with E-state index in [4.69, 9.17) is 4.74 Å². The Labute approximate surface area is 80.5 Å². The average molecular weight is 187 g/mol. The molecule has 1 rings (SSSR count). The fraction of sp³-hybridized carbons (Fsp3) is 1.00. The van der Waals surface area contributed by atoms with Crippen LogP contribution in [0.1, 0.15) is 26.2 Å². The summed E-state index contributed by atoms with van der Waals surface area (Å²) in [6.45, 7) is 3.35. The summed E-state index contributed by atoms with van der Waals surface area (Å²) in [5.41, 5.74) is 0. The Kier molecular flexibility index (Phi) is 4.70. The normalized spacial score (nSPS) is 30.7. The van der Waals surface area contributed by atoms with Crippen molar-refractivity contribution in [1.29, 1.82) is 0 Å². The van der Waals surface area contributed by atoms with Gasteiger partial charge in [-0.1, -0.05) is 13.3 Å². The summed E-state index contributed by atoms with van der Waals surface area (Å²) in [7, 11) is 1.61. The van der Waals surface area contributed by atoms with Crippen LogP contribution in [-0.2, 0) is 4.74 Å². The van der Waals surface area contributed by atoms with E-state index in [0.717, 1.165) is 5.92 Å². The van der Waals surface area contributed by atoms with E-state index in [-0.39, 0.29) is 6.10 Å². The first-order chi connectivity index (χ1) is 6.24. The molecule has 13 heavy (non-hydrogen) atoms. The maximum Gasteiger partial charge on any atom is 0.0897 e. The van der Waals surface area contributed by atoms with E-state index in [9.17, 15) is 5.11 Å². The van der Waals surface area contributed by atoms with Crippen LogP contribution in [0.15, 0.2) is 0 Å². The van der Waals surface area contributed by atoms with Gasteiger partial charge in [0.25, 0.3) is 0 Å². The van der Waals surface area contributed by atoms with Crippen LogP contribution in [0.25, 0.3) is 0 Å². The van der Waals surface area contributed by atoms with Crippen molar-refractivity contribution in [3.63, 3.8) is 0 Å². The van der Waals surface area contributed by atoms with Gasteiger partial charge in [-0.3, -0.25) is 0 Å². The van der Waals surface area contributed by atoms with Crippen molar-refractivity contribution in [2.24, 2.45) is 5.92 Å². The van der Waals surface area contributed by atoms with E-state index in [1.54, 1.807) is 7.11 Å². The van der Waals surface area contributed by atoms with Crippen LogP contribution >= 0.6 is 0 Å². The van der Waals surface area contributed by atoms with Crippen LogP contribution in [-0.4, -0.2) is 37.5 Å². The molecule has 0 heterocycles. The highest BCUT2D eigenvalue weighted by Gasteiger charge is 2.22. The molecule has 1 aliphatic rings. The number of methoxy groups -OCH3 is 1. The lowest BCUT2D eigenvalue weighted by Crippen LogP contribution is -2.38. The Morgan fingerprint density at radius 1 is 1.54 bits per heavy atom. The molecule has 1 aliphatic carbocycles. The molecule has 0 aromatic heterocycles. The lowest BCUT2D eigenvalue weighted by atomic mass is 10.1. The fourth-order valence-corrected chi connectivity index (χ4v) is 1.99. The molecular formula is C10H21NO2. The maximum absolute atomic E-state index is 9.41. The molecule has 1 saturated carbocycles. The number of hydrogen-bond donors (Lipinski definition) is 2. The van der Waals surface area contributed by atoms with Crippen molar-refractivity contribution in [3.05, 3.63) is 0 Å². The second-order valence-electron chi connectivity index (χ2n) is 4.03. The smallest absolute Gasteiger partial charge is 0.0897 e. The number of aliphatic hydroxyl groups is 1. The predicted molar refractivity (Wildman–Crippen MR) is 52.7 cm³/mol. The highest BCUT2D eigenvalue weighted by atomic mass is 16.5. The summed E-state index contributed by atoms with van der Waals surface area (Å²) in [6.07, 6.45) is 3.52. The third-order valence-corrected chi connectivity index (χ3v) is 2.84. The van der Waals surface area contributed by atoms with Gasteiger partial charge >= 0.3 is 0 Å². The van der Waals surface area contributed by atoms with Gasteiger partial charge in [-0.15, -0.1) is 0 Å². The minimum absolute atomic E-state index is 0.363. The maximum atomic E-state index is 9.41. The zero-order chi connectivity index (χ0) is 9.68. The summed E-state index contributed by atoms with van der Waals surface area (Å²) < 4.78 is 4.86. The van der Waals surface area contributed by atoms with E-state index in [2.05, 4.69) is 12.2 Å². The highest BCUT2D eigenvalue weighted by Crippen LogP contribution is 2.24. The Morgan fingerprint density at radius 3 is 2.85 bits per heavy atom. The molecule has 0 saturated heterocycles. The molecule has 1 fully saturated rings. The van der Waals surface area contributed by atoms with E-state index in [1.807, 2.05) is 0 Å². The first-order valence-electron chi connectivity index (χ1n) is 5.14. The topological polar surface area (TPSA) is 41.5 Å². The molecule has 3 unspecified atom stereocenters. The van der Waals surface area contributed by atoms with Gasteiger partial charge < -0.3 is 15.2 Å². The minimum atomic E-state index is -0.363. The number of aliphatic hydroxyl groups excluding tert-OH is 1. The molecule has 0 amide bonds. The van der Waals surface area contributed by atoms with Gasteiger partial charge in [0, 0.05) is 19.7 Å². The summed E-state index contributed by atoms with van der Waals surface area (Å²) in [6, 6.07) is 0.603. The van der Waals surface area contributed by atoms with Crippen molar-refractivity contribution < 1.29 is 9.84 Å². The molecule has 0 aromatic rings. The van der Waals surface area contributed by atoms with Crippen LogP contribution in [0, 0.1) is 5.92 Å². The fourth-order valence-electron chi connectivity index (χ4n) is 1.99. The monoisotopic (exact) mass is 187 g/mol. The summed E-state index contributed by atoms with van der Waals surface area (Å²) in [5, 5.41) is 12.8. The van der Waals surface area contributed by atoms with Crippen LogP contribution in [0.2, 0.25) is 0 Å². The quantitative estimate of drug-likeness (QED) is 0.668. The third kappa shape index (κ3) is 3.63. The van der Waals surface area contributed by atoms with Crippen molar-refractivity contribution >= 4 is 0 Å². The second kappa shape index (κ2) is 5.58. The largest absolute Gasteiger partial charge is 0.389 e. The molecule has 0 radical (unpaired) electrons. The standard InChI is InChI=1S/C10H21NO2/c1-8-4-3-5-10(8)11-6-9(12)7-13-2/h8-12H,3-7H2,1-2H3. The summed E-state index contributed by atoms with van der Waals surface area (Å²) in [4.78, 5) is 0. The first kappa shape index (κ1) is 11.0. The van der Waals surface area contributed by atoms with Gasteiger partial charge in [0.15, 0.2) is 0 Å². The molecule has 3 atom stereocenters. The molecule has 0 bridgehead atoms. The van der Waals surface area contributed by atoms with Crippen molar-refractivity contribution in [1.82, 2.24) is 5.32 Å². The predicted octanol–water partition coefficient (Wildman–Crippen LogP) is 0.772. The van der Waals surface area contributed by atoms with Gasteiger partial charge in [0.05, 0.1) is 12.7 Å². The zero-order valence-electron chi connectivity index (χ0n) is 8.62. The molecule has 3 heteroatoms. The van der Waals surface area contributed by atoms with Crippen LogP contribution in [0.3, 0.4) is 0 Å². The van der Waals surface area contributed by atoms with E-state index < -0.39 is 0 Å². The van der Waals surface area contributed by atoms with Crippen LogP contribution in [0.5, 0.6) is 0 Å². The van der Waals surface area contributed by atoms with Crippen molar-refractivity contribution in [2.75, 3.05) is 20.3 Å². The summed E-state index contributed by atoms with van der Waals surface area (Å²) in [5.74, 6) is 0.759. The Bertz CT molecular complexity index is 141. The number of hydrogen-bond acceptors (Lipinski definition) is 3. The Morgan fingerprint density at radius 2 is 2.31 bits per heavy atom. The summed E-state index contributed by atoms with van der Waals surface area (Å²) >= 11 is 0. The van der Waals surface area contributed by atoms with Crippen molar-refractivity contribution in [2.45, 2.75) is 38.3 Å². The number of nitrogens with one attached hydrogen (secondary N) is 1. The van der Waals surface area contributed by atoms with Crippen molar-refractivity contribution in [3.8, 4) is 0 Å². The zero-order valence-corrected chi connectivity index (χ0v) is 8.62. The third-order valence-electron chi connectivity index (χ3n) is 2.84. The average Bonchev–Trinajstić information content (AvgIpc) is 2.48. The van der Waals surface area contributed by atoms with E-state index in [0.29, 0.717) is 19.2 Å². The minimum Gasteiger partial charge on any atom is -0.389 e. The van der Waals surface area contributed by atoms with Gasteiger partial charge in [0.2, 0.25) is 0 Å². The lowest BCUT2D eigenvalue weighted by Gasteiger charge is -2.19. The van der Waals surface area contributed by atoms with E-state index in [1.165, 1.54) is 19.3 Å². The first-order valence-corrected chi connectivity index (χ1v) is 5.14. The Balaban J connectivity index is 2.10. The van der Waals surface area contributed by atoms with Crippen LogP contribution < -0.4 is 5.32 Å². The molecule has 3 nitrogen and oxygen atoms in total. The van der Waals surface area contributed by atoms with Gasteiger partial charge in [-0.05, 0) is 18.8 Å². The number of rotatable bonds is 5. The highest BCUT2D eigenvalue weighted by molar-refractivity contribution is 4.80.